The highest BCUT2D eigenvalue weighted by atomic mass is 32.2. The Kier molecular flexibility index (Phi) is 3.81. The van der Waals surface area contributed by atoms with Gasteiger partial charge in [-0.05, 0) is 26.0 Å². The molecule has 1 aromatic heterocycles. The van der Waals surface area contributed by atoms with E-state index in [-0.39, 0.29) is 11.2 Å². The van der Waals surface area contributed by atoms with Crippen LogP contribution in [0.4, 0.5) is 0 Å². The summed E-state index contributed by atoms with van der Waals surface area (Å²) < 4.78 is 0. The highest BCUT2D eigenvalue weighted by Crippen LogP contribution is 2.20. The van der Waals surface area contributed by atoms with Gasteiger partial charge in [0.25, 0.3) is 0 Å². The SMILES string of the molecule is Cc1nc2ccccc2nc1CSC(C)C(N)=O. The van der Waals surface area contributed by atoms with E-state index in [1.807, 2.05) is 31.2 Å². The number of nitrogens with two attached hydrogens (primary N) is 1. The molecule has 2 aromatic rings. The summed E-state index contributed by atoms with van der Waals surface area (Å²) in [4.78, 5) is 20.1. The number of nitrogens with zero attached hydrogens (tertiary/aromatic N) is 2. The van der Waals surface area contributed by atoms with Crippen molar-refractivity contribution < 1.29 is 4.79 Å². The summed E-state index contributed by atoms with van der Waals surface area (Å²) >= 11 is 1.48. The van der Waals surface area contributed by atoms with Crippen LogP contribution in [0, 0.1) is 6.92 Å². The third kappa shape index (κ3) is 2.79. The van der Waals surface area contributed by atoms with Crippen LogP contribution in [0.25, 0.3) is 11.0 Å². The van der Waals surface area contributed by atoms with E-state index in [1.54, 1.807) is 6.92 Å². The fourth-order valence-electron chi connectivity index (χ4n) is 1.55. The van der Waals surface area contributed by atoms with Crippen LogP contribution in [0.15, 0.2) is 24.3 Å². The minimum Gasteiger partial charge on any atom is -0.369 e. The predicted octanol–water partition coefficient (Wildman–Crippen LogP) is 2.05. The molecule has 1 unspecified atom stereocenters. The standard InChI is InChI=1S/C13H15N3OS/c1-8-12(7-18-9(2)13(14)17)16-11-6-4-3-5-10(11)15-8/h3-6,9H,7H2,1-2H3,(H2,14,17). The number of aryl methyl sites for hydroxylation is 1. The number of carbonyl (C=O) groups is 1. The molecule has 1 amide bonds. The molecule has 0 radical (unpaired) electrons. The molecule has 0 saturated heterocycles. The van der Waals surface area contributed by atoms with Gasteiger partial charge in [-0.2, -0.15) is 0 Å². The van der Waals surface area contributed by atoms with Crippen LogP contribution in [0.2, 0.25) is 0 Å². The van der Waals surface area contributed by atoms with Crippen molar-refractivity contribution in [1.29, 1.82) is 0 Å². The number of hydrogen-bond donors (Lipinski definition) is 1. The number of fused-ring (bicyclic) bond motifs is 1. The highest BCUT2D eigenvalue weighted by Gasteiger charge is 2.11. The van der Waals surface area contributed by atoms with Crippen molar-refractivity contribution in [3.63, 3.8) is 0 Å². The second-order valence-electron chi connectivity index (χ2n) is 4.10. The maximum Gasteiger partial charge on any atom is 0.230 e. The maximum atomic E-state index is 11.0. The maximum absolute atomic E-state index is 11.0. The second kappa shape index (κ2) is 5.35. The highest BCUT2D eigenvalue weighted by molar-refractivity contribution is 7.99. The average Bonchev–Trinajstić information content (AvgIpc) is 2.35. The molecule has 0 fully saturated rings. The Labute approximate surface area is 110 Å². The Morgan fingerprint density at radius 3 is 2.56 bits per heavy atom. The molecule has 0 saturated carbocycles. The van der Waals surface area contributed by atoms with Gasteiger partial charge in [0.1, 0.15) is 0 Å². The Morgan fingerprint density at radius 1 is 1.33 bits per heavy atom. The Bertz CT molecular complexity index is 585. The largest absolute Gasteiger partial charge is 0.369 e. The zero-order chi connectivity index (χ0) is 13.1. The summed E-state index contributed by atoms with van der Waals surface area (Å²) in [6, 6.07) is 7.76. The third-order valence-electron chi connectivity index (χ3n) is 2.71. The molecule has 2 N–H and O–H groups in total. The van der Waals surface area contributed by atoms with Gasteiger partial charge < -0.3 is 5.73 Å². The molecule has 2 rings (SSSR count). The van der Waals surface area contributed by atoms with Gasteiger partial charge in [0.2, 0.25) is 5.91 Å². The summed E-state index contributed by atoms with van der Waals surface area (Å²) in [6.07, 6.45) is 0. The predicted molar refractivity (Wildman–Crippen MR) is 74.2 cm³/mol. The van der Waals surface area contributed by atoms with Crippen LogP contribution < -0.4 is 5.73 Å². The molecule has 1 heterocycles. The monoisotopic (exact) mass is 261 g/mol. The number of thioether (sulfide) groups is 1. The van der Waals surface area contributed by atoms with Gasteiger partial charge in [0, 0.05) is 5.75 Å². The number of carbonyl (C=O) groups excluding carboxylic acids is 1. The smallest absolute Gasteiger partial charge is 0.230 e. The molecule has 5 heteroatoms. The number of hydrogen-bond acceptors (Lipinski definition) is 4. The first kappa shape index (κ1) is 12.8. The summed E-state index contributed by atoms with van der Waals surface area (Å²) in [5.74, 6) is 0.347. The van der Waals surface area contributed by atoms with Crippen molar-refractivity contribution >= 4 is 28.7 Å². The van der Waals surface area contributed by atoms with Crippen molar-refractivity contribution in [2.45, 2.75) is 24.9 Å². The van der Waals surface area contributed by atoms with E-state index in [0.717, 1.165) is 22.4 Å². The number of rotatable bonds is 4. The molecule has 0 bridgehead atoms. The van der Waals surface area contributed by atoms with Crippen LogP contribution in [0.3, 0.4) is 0 Å². The van der Waals surface area contributed by atoms with Crippen molar-refractivity contribution in [2.75, 3.05) is 0 Å². The Morgan fingerprint density at radius 2 is 1.94 bits per heavy atom. The first-order valence-corrected chi connectivity index (χ1v) is 6.76. The Balaban J connectivity index is 2.23. The topological polar surface area (TPSA) is 68.9 Å². The molecule has 1 atom stereocenters. The van der Waals surface area contributed by atoms with Crippen LogP contribution in [-0.4, -0.2) is 21.1 Å². The van der Waals surface area contributed by atoms with E-state index >= 15 is 0 Å². The lowest BCUT2D eigenvalue weighted by Gasteiger charge is -2.09. The number of para-hydroxylation sites is 2. The fourth-order valence-corrected chi connectivity index (χ4v) is 2.39. The van der Waals surface area contributed by atoms with Gasteiger partial charge >= 0.3 is 0 Å². The lowest BCUT2D eigenvalue weighted by Crippen LogP contribution is -2.22. The van der Waals surface area contributed by atoms with Crippen LogP contribution in [0.1, 0.15) is 18.3 Å². The molecule has 94 valence electrons. The lowest BCUT2D eigenvalue weighted by atomic mass is 10.2. The van der Waals surface area contributed by atoms with E-state index in [4.69, 9.17) is 5.73 Å². The van der Waals surface area contributed by atoms with E-state index in [0.29, 0.717) is 5.75 Å². The number of benzene rings is 1. The molecular weight excluding hydrogens is 246 g/mol. The fraction of sp³-hybridized carbons (Fsp3) is 0.308. The Hall–Kier alpha value is -1.62. The van der Waals surface area contributed by atoms with Gasteiger partial charge in [-0.15, -0.1) is 11.8 Å². The third-order valence-corrected chi connectivity index (χ3v) is 3.89. The minimum atomic E-state index is -0.300. The van der Waals surface area contributed by atoms with Crippen LogP contribution in [0.5, 0.6) is 0 Å². The van der Waals surface area contributed by atoms with Gasteiger partial charge in [0.05, 0.1) is 27.7 Å². The zero-order valence-electron chi connectivity index (χ0n) is 10.4. The van der Waals surface area contributed by atoms with Gasteiger partial charge in [0.15, 0.2) is 0 Å². The van der Waals surface area contributed by atoms with E-state index in [9.17, 15) is 4.79 Å². The molecule has 0 aliphatic carbocycles. The van der Waals surface area contributed by atoms with Gasteiger partial charge in [-0.1, -0.05) is 12.1 Å². The van der Waals surface area contributed by atoms with Gasteiger partial charge in [-0.25, -0.2) is 9.97 Å². The summed E-state index contributed by atoms with van der Waals surface area (Å²) in [5.41, 5.74) is 8.82. The number of aromatic nitrogens is 2. The van der Waals surface area contributed by atoms with Crippen LogP contribution in [-0.2, 0) is 10.5 Å². The molecule has 4 nitrogen and oxygen atoms in total. The van der Waals surface area contributed by atoms with Gasteiger partial charge in [-0.3, -0.25) is 4.79 Å². The van der Waals surface area contributed by atoms with E-state index < -0.39 is 0 Å². The van der Waals surface area contributed by atoms with Crippen molar-refractivity contribution in [2.24, 2.45) is 5.73 Å². The average molecular weight is 261 g/mol. The lowest BCUT2D eigenvalue weighted by molar-refractivity contribution is -0.117. The number of amides is 1. The van der Waals surface area contributed by atoms with Crippen molar-refractivity contribution in [3.05, 3.63) is 35.7 Å². The minimum absolute atomic E-state index is 0.210. The molecule has 0 spiro atoms. The summed E-state index contributed by atoms with van der Waals surface area (Å²) in [6.45, 7) is 3.74. The normalized spacial score (nSPS) is 12.6. The van der Waals surface area contributed by atoms with Crippen molar-refractivity contribution in [3.8, 4) is 0 Å². The number of primary amides is 1. The molecule has 0 aliphatic heterocycles. The quantitative estimate of drug-likeness (QED) is 0.914. The first-order chi connectivity index (χ1) is 8.58. The van der Waals surface area contributed by atoms with E-state index in [1.165, 1.54) is 11.8 Å². The molecular formula is C13H15N3OS. The van der Waals surface area contributed by atoms with E-state index in [2.05, 4.69) is 9.97 Å². The first-order valence-electron chi connectivity index (χ1n) is 5.71. The second-order valence-corrected chi connectivity index (χ2v) is 5.43. The zero-order valence-corrected chi connectivity index (χ0v) is 11.2. The molecule has 1 aromatic carbocycles. The summed E-state index contributed by atoms with van der Waals surface area (Å²) in [5, 5.41) is -0.210. The molecule has 0 aliphatic rings. The van der Waals surface area contributed by atoms with Crippen molar-refractivity contribution in [1.82, 2.24) is 9.97 Å². The summed E-state index contributed by atoms with van der Waals surface area (Å²) in [7, 11) is 0. The molecule has 18 heavy (non-hydrogen) atoms. The van der Waals surface area contributed by atoms with Crippen LogP contribution >= 0.6 is 11.8 Å².